The van der Waals surface area contributed by atoms with Crippen LogP contribution >= 0.6 is 0 Å². The largest absolute Gasteiger partial charge is 0.472 e. The molecule has 1 aliphatic heterocycles. The van der Waals surface area contributed by atoms with Crippen molar-refractivity contribution in [1.29, 1.82) is 0 Å². The third kappa shape index (κ3) is 1.55. The lowest BCUT2D eigenvalue weighted by atomic mass is 10.4. The zero-order chi connectivity index (χ0) is 6.53. The second kappa shape index (κ2) is 2.84. The second-order valence-electron chi connectivity index (χ2n) is 1.46. The molecule has 0 spiro atoms. The molecule has 0 saturated heterocycles. The van der Waals surface area contributed by atoms with Gasteiger partial charge in [-0.25, -0.2) is 4.79 Å². The van der Waals surface area contributed by atoms with Crippen LogP contribution in [0.1, 0.15) is 0 Å². The zero-order valence-corrected chi connectivity index (χ0v) is 4.65. The summed E-state index contributed by atoms with van der Waals surface area (Å²) < 4.78 is 4.82. The van der Waals surface area contributed by atoms with Gasteiger partial charge in [-0.2, -0.15) is 4.99 Å². The van der Waals surface area contributed by atoms with Gasteiger partial charge in [-0.05, 0) is 12.2 Å². The first-order chi connectivity index (χ1) is 4.43. The summed E-state index contributed by atoms with van der Waals surface area (Å²) in [5.74, 6) is 0. The van der Waals surface area contributed by atoms with Gasteiger partial charge in [0.1, 0.15) is 0 Å². The average Bonchev–Trinajstić information content (AvgIpc) is 1.91. The highest BCUT2D eigenvalue weighted by molar-refractivity contribution is 5.34. The maximum Gasteiger partial charge on any atom is 0.238 e. The minimum Gasteiger partial charge on any atom is -0.472 e. The van der Waals surface area contributed by atoms with Gasteiger partial charge in [-0.1, -0.05) is 6.08 Å². The minimum absolute atomic E-state index is 0.465. The van der Waals surface area contributed by atoms with Gasteiger partial charge in [0.2, 0.25) is 12.3 Å². The Morgan fingerprint density at radius 1 is 1.56 bits per heavy atom. The summed E-state index contributed by atoms with van der Waals surface area (Å²) in [7, 11) is 0. The van der Waals surface area contributed by atoms with Crippen molar-refractivity contribution in [2.75, 3.05) is 0 Å². The Morgan fingerprint density at radius 3 is 3.00 bits per heavy atom. The molecule has 0 aromatic rings. The van der Waals surface area contributed by atoms with Crippen molar-refractivity contribution in [3.05, 3.63) is 24.5 Å². The van der Waals surface area contributed by atoms with E-state index in [1.54, 1.807) is 18.2 Å². The van der Waals surface area contributed by atoms with Crippen molar-refractivity contribution in [2.24, 2.45) is 4.99 Å². The molecule has 0 fully saturated rings. The summed E-state index contributed by atoms with van der Waals surface area (Å²) in [6, 6.07) is 0. The first-order valence-electron chi connectivity index (χ1n) is 2.49. The fourth-order valence-corrected chi connectivity index (χ4v) is 0.501. The Kier molecular flexibility index (Phi) is 1.83. The Balaban J connectivity index is 2.55. The van der Waals surface area contributed by atoms with E-state index in [0.717, 1.165) is 0 Å². The number of hydrogen-bond acceptors (Lipinski definition) is 3. The van der Waals surface area contributed by atoms with Gasteiger partial charge >= 0.3 is 0 Å². The highest BCUT2D eigenvalue weighted by atomic mass is 16.5. The number of ether oxygens (including phenoxy) is 1. The van der Waals surface area contributed by atoms with E-state index >= 15 is 0 Å². The Morgan fingerprint density at radius 2 is 2.44 bits per heavy atom. The highest BCUT2D eigenvalue weighted by Crippen LogP contribution is 2.01. The van der Waals surface area contributed by atoms with E-state index < -0.39 is 6.23 Å². The number of hydrogen-bond donors (Lipinski definition) is 0. The summed E-state index contributed by atoms with van der Waals surface area (Å²) in [6.07, 6.45) is 7.55. The molecule has 0 radical (unpaired) electrons. The van der Waals surface area contributed by atoms with Gasteiger partial charge in [0.15, 0.2) is 0 Å². The van der Waals surface area contributed by atoms with Gasteiger partial charge in [-0.15, -0.1) is 0 Å². The van der Waals surface area contributed by atoms with E-state index in [-0.39, 0.29) is 0 Å². The SMILES string of the molecule is O=C=NC1C=CC=CO1. The molecule has 1 unspecified atom stereocenters. The van der Waals surface area contributed by atoms with Crippen LogP contribution in [0.25, 0.3) is 0 Å². The minimum atomic E-state index is -0.465. The van der Waals surface area contributed by atoms with Crippen LogP contribution in [0, 0.1) is 0 Å². The quantitative estimate of drug-likeness (QED) is 0.381. The van der Waals surface area contributed by atoms with E-state index in [1.165, 1.54) is 12.3 Å². The van der Waals surface area contributed by atoms with Crippen LogP contribution in [-0.4, -0.2) is 12.3 Å². The molecule has 1 aliphatic rings. The van der Waals surface area contributed by atoms with E-state index in [1.807, 2.05) is 0 Å². The van der Waals surface area contributed by atoms with Crippen LogP contribution in [0.5, 0.6) is 0 Å². The van der Waals surface area contributed by atoms with Crippen LogP contribution < -0.4 is 0 Å². The molecule has 0 N–H and O–H groups in total. The lowest BCUT2D eigenvalue weighted by molar-refractivity contribution is 0.191. The molecule has 0 bridgehead atoms. The van der Waals surface area contributed by atoms with Crippen molar-refractivity contribution >= 4 is 6.08 Å². The van der Waals surface area contributed by atoms with E-state index in [4.69, 9.17) is 4.74 Å². The number of aliphatic imine (C=N–C) groups is 1. The smallest absolute Gasteiger partial charge is 0.238 e. The lowest BCUT2D eigenvalue weighted by Gasteiger charge is -2.06. The van der Waals surface area contributed by atoms with Crippen molar-refractivity contribution in [1.82, 2.24) is 0 Å². The van der Waals surface area contributed by atoms with E-state index in [9.17, 15) is 4.79 Å². The predicted octanol–water partition coefficient (Wildman–Crippen LogP) is 0.748. The van der Waals surface area contributed by atoms with Crippen molar-refractivity contribution in [3.8, 4) is 0 Å². The van der Waals surface area contributed by atoms with Crippen molar-refractivity contribution in [3.63, 3.8) is 0 Å². The standard InChI is InChI=1S/C6H5NO2/c8-5-7-6-3-1-2-4-9-6/h1-4,6H. The molecule has 1 atom stereocenters. The van der Waals surface area contributed by atoms with Crippen LogP contribution in [-0.2, 0) is 9.53 Å². The topological polar surface area (TPSA) is 38.7 Å². The van der Waals surface area contributed by atoms with Gasteiger partial charge in [0.05, 0.1) is 6.26 Å². The van der Waals surface area contributed by atoms with Gasteiger partial charge < -0.3 is 4.74 Å². The summed E-state index contributed by atoms with van der Waals surface area (Å²) in [5.41, 5.74) is 0. The zero-order valence-electron chi connectivity index (χ0n) is 4.65. The summed E-state index contributed by atoms with van der Waals surface area (Å²) >= 11 is 0. The summed E-state index contributed by atoms with van der Waals surface area (Å²) in [6.45, 7) is 0. The van der Waals surface area contributed by atoms with Crippen molar-refractivity contribution < 1.29 is 9.53 Å². The highest BCUT2D eigenvalue weighted by Gasteiger charge is 1.99. The van der Waals surface area contributed by atoms with Crippen LogP contribution in [0.15, 0.2) is 29.5 Å². The average molecular weight is 123 g/mol. The molecular formula is C6H5NO2. The number of nitrogens with zero attached hydrogens (tertiary/aromatic N) is 1. The molecule has 9 heavy (non-hydrogen) atoms. The third-order valence-corrected chi connectivity index (χ3v) is 0.863. The van der Waals surface area contributed by atoms with Crippen LogP contribution in [0.4, 0.5) is 0 Å². The molecular weight excluding hydrogens is 118 g/mol. The molecule has 46 valence electrons. The number of allylic oxidation sites excluding steroid dienone is 2. The Hall–Kier alpha value is -1.34. The fourth-order valence-electron chi connectivity index (χ4n) is 0.501. The monoisotopic (exact) mass is 123 g/mol. The molecule has 3 nitrogen and oxygen atoms in total. The summed E-state index contributed by atoms with van der Waals surface area (Å²) in [5, 5.41) is 0. The Labute approximate surface area is 52.3 Å². The predicted molar refractivity (Wildman–Crippen MR) is 31.3 cm³/mol. The number of carbonyl (C=O) groups excluding carboxylic acids is 1. The molecule has 0 amide bonds. The molecule has 3 heteroatoms. The fraction of sp³-hybridized carbons (Fsp3) is 0.167. The van der Waals surface area contributed by atoms with Gasteiger partial charge in [0, 0.05) is 0 Å². The molecule has 0 aromatic carbocycles. The maximum absolute atomic E-state index is 9.64. The normalized spacial score (nSPS) is 22.4. The third-order valence-electron chi connectivity index (χ3n) is 0.863. The van der Waals surface area contributed by atoms with Gasteiger partial charge in [0.25, 0.3) is 0 Å². The number of isocyanates is 1. The van der Waals surface area contributed by atoms with Crippen molar-refractivity contribution in [2.45, 2.75) is 6.23 Å². The van der Waals surface area contributed by atoms with Crippen LogP contribution in [0.3, 0.4) is 0 Å². The second-order valence-corrected chi connectivity index (χ2v) is 1.46. The maximum atomic E-state index is 9.64. The molecule has 0 aliphatic carbocycles. The van der Waals surface area contributed by atoms with E-state index in [2.05, 4.69) is 4.99 Å². The molecule has 1 heterocycles. The van der Waals surface area contributed by atoms with Gasteiger partial charge in [-0.3, -0.25) is 0 Å². The van der Waals surface area contributed by atoms with E-state index in [0.29, 0.717) is 0 Å². The molecule has 0 saturated carbocycles. The van der Waals surface area contributed by atoms with Crippen LogP contribution in [0.2, 0.25) is 0 Å². The first-order valence-corrected chi connectivity index (χ1v) is 2.49. The Bertz CT molecular complexity index is 189. The molecule has 0 aromatic heterocycles. The summed E-state index contributed by atoms with van der Waals surface area (Å²) in [4.78, 5) is 13.0. The first kappa shape index (κ1) is 5.79. The number of rotatable bonds is 1. The molecule has 1 rings (SSSR count). The lowest BCUT2D eigenvalue weighted by Crippen LogP contribution is -2.02.